The van der Waals surface area contributed by atoms with E-state index in [-0.39, 0.29) is 34.6 Å². The number of nitrogens with zero attached hydrogens (tertiary/aromatic N) is 7. The van der Waals surface area contributed by atoms with Crippen LogP contribution in [-0.2, 0) is 26.3 Å². The highest BCUT2D eigenvalue weighted by atomic mass is 35.5. The molecule has 14 nitrogen and oxygen atoms in total. The zero-order valence-corrected chi connectivity index (χ0v) is 20.8. The minimum atomic E-state index is -1.22. The van der Waals surface area contributed by atoms with Crippen molar-refractivity contribution in [2.24, 2.45) is 12.2 Å². The number of aryl methyl sites for hydroxylation is 1. The van der Waals surface area contributed by atoms with Crippen LogP contribution in [0.2, 0.25) is 0 Å². The topological polar surface area (TPSA) is 191 Å². The number of nitrogen functional groups attached to an aromatic ring is 1. The Labute approximate surface area is 210 Å². The van der Waals surface area contributed by atoms with E-state index in [0.717, 1.165) is 11.3 Å². The van der Waals surface area contributed by atoms with Crippen molar-refractivity contribution >= 4 is 75.9 Å². The number of carboxylic acids is 1. The van der Waals surface area contributed by atoms with E-state index in [4.69, 9.17) is 10.6 Å². The molecule has 0 radical (unpaired) electrons. The lowest BCUT2D eigenvalue weighted by Crippen LogP contribution is -2.71. The average Bonchev–Trinajstić information content (AvgIpc) is 3.40. The van der Waals surface area contributed by atoms with Crippen LogP contribution in [0.25, 0.3) is 0 Å². The van der Waals surface area contributed by atoms with Crippen LogP contribution in [0, 0.1) is 0 Å². The number of β-lactam (4-membered cyclic amide) rings is 1. The largest absolute Gasteiger partial charge is 0.477 e. The first-order valence-electron chi connectivity index (χ1n) is 9.20. The second-order valence-corrected chi connectivity index (χ2v) is 9.62. The molecular formula is C16H18ClN9O5S3. The molecule has 0 aromatic carbocycles. The highest BCUT2D eigenvalue weighted by molar-refractivity contribution is 8.01. The molecule has 2 aliphatic rings. The number of fused-ring (bicyclic) bond motifs is 1. The smallest absolute Gasteiger partial charge is 0.352 e. The highest BCUT2D eigenvalue weighted by Gasteiger charge is 2.54. The molecule has 1 fully saturated rings. The van der Waals surface area contributed by atoms with Crippen LogP contribution in [0.3, 0.4) is 0 Å². The van der Waals surface area contributed by atoms with Crippen LogP contribution in [0.1, 0.15) is 5.69 Å². The number of thiazole rings is 1. The number of thioether (sulfide) groups is 2. The fourth-order valence-corrected chi connectivity index (χ4v) is 6.07. The summed E-state index contributed by atoms with van der Waals surface area (Å²) in [5.74, 6) is -1.77. The van der Waals surface area contributed by atoms with Gasteiger partial charge in [0.05, 0.1) is 0 Å². The van der Waals surface area contributed by atoms with Crippen LogP contribution in [0.4, 0.5) is 5.13 Å². The first-order chi connectivity index (χ1) is 15.8. The van der Waals surface area contributed by atoms with Crippen molar-refractivity contribution < 1.29 is 24.3 Å². The standard InChI is InChI=1S/C16H17N9O5S3.ClH/c1-24-16(20-22-23-24)33-4-6-3-31-13-9(12(27)25(13)10(6)14(28)29)19-11(26)8(21-30-2)7-5-32-15(17)18-7;/h5,9,13H,3-4H2,1-2H3,(H2,17,18)(H,19,26)(H,28,29);1H/b21-8+;. The maximum atomic E-state index is 12.9. The number of anilines is 1. The fraction of sp³-hybridized carbons (Fsp3) is 0.375. The molecule has 4 rings (SSSR count). The van der Waals surface area contributed by atoms with Crippen molar-refractivity contribution in [1.29, 1.82) is 0 Å². The second-order valence-electron chi connectivity index (χ2n) is 6.69. The Balaban J connectivity index is 0.00000324. The van der Waals surface area contributed by atoms with E-state index < -0.39 is 29.2 Å². The number of rotatable bonds is 8. The molecule has 0 bridgehead atoms. The molecule has 4 heterocycles. The van der Waals surface area contributed by atoms with Gasteiger partial charge in [-0.1, -0.05) is 16.9 Å². The van der Waals surface area contributed by atoms with Crippen LogP contribution in [0.15, 0.2) is 27.0 Å². The number of carbonyl (C=O) groups is 3. The Hall–Kier alpha value is -2.89. The van der Waals surface area contributed by atoms with Gasteiger partial charge in [-0.2, -0.15) is 0 Å². The first-order valence-corrected chi connectivity index (χ1v) is 12.1. The van der Waals surface area contributed by atoms with Crippen molar-refractivity contribution in [3.63, 3.8) is 0 Å². The number of amides is 2. The van der Waals surface area contributed by atoms with E-state index in [9.17, 15) is 19.5 Å². The van der Waals surface area contributed by atoms with Gasteiger partial charge >= 0.3 is 5.97 Å². The van der Waals surface area contributed by atoms with Crippen molar-refractivity contribution in [1.82, 2.24) is 35.4 Å². The van der Waals surface area contributed by atoms with Crippen molar-refractivity contribution in [3.8, 4) is 0 Å². The number of hydrogen-bond acceptors (Lipinski definition) is 13. The van der Waals surface area contributed by atoms with Crippen LogP contribution < -0.4 is 11.1 Å². The number of aliphatic carboxylic acids is 1. The molecule has 2 aromatic heterocycles. The van der Waals surface area contributed by atoms with Crippen molar-refractivity contribution in [2.45, 2.75) is 16.6 Å². The summed E-state index contributed by atoms with van der Waals surface area (Å²) in [5, 5.41) is 29.0. The maximum Gasteiger partial charge on any atom is 0.352 e. The molecule has 0 saturated carbocycles. The fourth-order valence-electron chi connectivity index (χ4n) is 3.19. The molecule has 1 saturated heterocycles. The predicted octanol–water partition coefficient (Wildman–Crippen LogP) is -0.448. The molecule has 2 aromatic rings. The molecule has 2 atom stereocenters. The molecule has 182 valence electrons. The number of halogens is 1. The number of oxime groups is 1. The van der Waals surface area contributed by atoms with E-state index >= 15 is 0 Å². The van der Waals surface area contributed by atoms with E-state index in [1.54, 1.807) is 12.4 Å². The number of nitrogens with one attached hydrogen (secondary N) is 1. The number of carboxylic acid groups (broad SMARTS) is 1. The number of tetrazole rings is 1. The van der Waals surface area contributed by atoms with Gasteiger partial charge in [0.1, 0.15) is 29.9 Å². The van der Waals surface area contributed by atoms with Gasteiger partial charge in [-0.25, -0.2) is 14.5 Å². The summed E-state index contributed by atoms with van der Waals surface area (Å²) in [6.45, 7) is 0. The minimum Gasteiger partial charge on any atom is -0.477 e. The zero-order valence-electron chi connectivity index (χ0n) is 17.6. The second kappa shape index (κ2) is 10.6. The third kappa shape index (κ3) is 4.82. The average molecular weight is 548 g/mol. The molecule has 4 N–H and O–H groups in total. The monoisotopic (exact) mass is 547 g/mol. The predicted molar refractivity (Wildman–Crippen MR) is 127 cm³/mol. The molecule has 34 heavy (non-hydrogen) atoms. The normalized spacial score (nSPS) is 19.8. The summed E-state index contributed by atoms with van der Waals surface area (Å²) < 4.78 is 1.47. The van der Waals surface area contributed by atoms with E-state index in [1.807, 2.05) is 0 Å². The molecular weight excluding hydrogens is 530 g/mol. The van der Waals surface area contributed by atoms with Gasteiger partial charge in [0, 0.05) is 23.9 Å². The summed E-state index contributed by atoms with van der Waals surface area (Å²) in [6, 6.07) is -0.924. The third-order valence-electron chi connectivity index (χ3n) is 4.66. The summed E-state index contributed by atoms with van der Waals surface area (Å²) >= 11 is 3.75. The number of nitrogens with two attached hydrogens (primary N) is 1. The van der Waals surface area contributed by atoms with Gasteiger partial charge in [0.15, 0.2) is 10.8 Å². The Bertz CT molecular complexity index is 1180. The van der Waals surface area contributed by atoms with E-state index in [1.165, 1.54) is 40.2 Å². The van der Waals surface area contributed by atoms with Crippen molar-refractivity contribution in [2.75, 3.05) is 24.3 Å². The third-order valence-corrected chi connectivity index (χ3v) is 7.77. The molecule has 18 heteroatoms. The molecule has 0 spiro atoms. The lowest BCUT2D eigenvalue weighted by atomic mass is 10.0. The van der Waals surface area contributed by atoms with Gasteiger partial charge in [0.25, 0.3) is 11.8 Å². The highest BCUT2D eigenvalue weighted by Crippen LogP contribution is 2.41. The molecule has 0 aliphatic carbocycles. The summed E-state index contributed by atoms with van der Waals surface area (Å²) in [6.07, 6.45) is 0. The summed E-state index contributed by atoms with van der Waals surface area (Å²) in [7, 11) is 2.95. The van der Waals surface area contributed by atoms with Crippen LogP contribution >= 0.6 is 47.3 Å². The Morgan fingerprint density at radius 1 is 1.47 bits per heavy atom. The Morgan fingerprint density at radius 3 is 2.82 bits per heavy atom. The number of carbonyl (C=O) groups excluding carboxylic acids is 2. The van der Waals surface area contributed by atoms with Gasteiger partial charge in [-0.05, 0) is 16.0 Å². The van der Waals surface area contributed by atoms with Gasteiger partial charge < -0.3 is 21.0 Å². The molecule has 2 aliphatic heterocycles. The first kappa shape index (κ1) is 25.7. The van der Waals surface area contributed by atoms with Gasteiger partial charge in [0.2, 0.25) is 5.16 Å². The maximum absolute atomic E-state index is 12.9. The lowest BCUT2D eigenvalue weighted by molar-refractivity contribution is -0.150. The number of hydrogen-bond donors (Lipinski definition) is 3. The summed E-state index contributed by atoms with van der Waals surface area (Å²) in [4.78, 5) is 47.6. The van der Waals surface area contributed by atoms with Gasteiger partial charge in [-0.15, -0.1) is 40.6 Å². The Morgan fingerprint density at radius 2 is 2.24 bits per heavy atom. The van der Waals surface area contributed by atoms with Crippen molar-refractivity contribution in [3.05, 3.63) is 22.3 Å². The molecule has 2 amide bonds. The molecule has 2 unspecified atom stereocenters. The summed E-state index contributed by atoms with van der Waals surface area (Å²) in [5.41, 5.74) is 6.17. The quantitative estimate of drug-likeness (QED) is 0.167. The Kier molecular flexibility index (Phi) is 8.01. The SMILES string of the molecule is CO/N=C(/C(=O)NC1C(=O)N2C(C(=O)O)=C(CSc3nnnn3C)CSC12)c1csc(N)n1.Cl. The van der Waals surface area contributed by atoms with Crippen LogP contribution in [0.5, 0.6) is 0 Å². The van der Waals surface area contributed by atoms with Gasteiger partial charge in [-0.3, -0.25) is 14.5 Å². The van der Waals surface area contributed by atoms with Crippen LogP contribution in [-0.4, -0.2) is 88.7 Å². The number of aromatic nitrogens is 5. The zero-order chi connectivity index (χ0) is 23.7. The lowest BCUT2D eigenvalue weighted by Gasteiger charge is -2.49. The minimum absolute atomic E-state index is 0. The van der Waals surface area contributed by atoms with E-state index in [2.05, 4.69) is 31.0 Å². The van der Waals surface area contributed by atoms with E-state index in [0.29, 0.717) is 22.2 Å².